The van der Waals surface area contributed by atoms with Crippen LogP contribution < -0.4 is 19.9 Å². The van der Waals surface area contributed by atoms with Crippen LogP contribution in [-0.2, 0) is 0 Å². The maximum absolute atomic E-state index is 5.94. The average Bonchev–Trinajstić information content (AvgIpc) is 2.76. The van der Waals surface area contributed by atoms with E-state index >= 15 is 0 Å². The lowest BCUT2D eigenvalue weighted by atomic mass is 9.93. The normalized spacial score (nSPS) is 26.9. The minimum atomic E-state index is 0.235. The van der Waals surface area contributed by atoms with Gasteiger partial charge in [-0.05, 0) is 37.8 Å². The molecule has 1 aliphatic heterocycles. The molecule has 0 spiro atoms. The van der Waals surface area contributed by atoms with E-state index in [1.54, 1.807) is 0 Å². The first-order valence-electron chi connectivity index (χ1n) is 6.13. The summed E-state index contributed by atoms with van der Waals surface area (Å²) < 4.78 is 16.5. The van der Waals surface area contributed by atoms with Gasteiger partial charge in [-0.2, -0.15) is 0 Å². The summed E-state index contributed by atoms with van der Waals surface area (Å²) in [4.78, 5) is 0. The van der Waals surface area contributed by atoms with Crippen LogP contribution >= 0.6 is 0 Å². The van der Waals surface area contributed by atoms with Crippen molar-refractivity contribution in [2.24, 2.45) is 5.73 Å². The standard InChI is InChI=1S/C13H17NO3/c14-9-2-1-3-10(6-9)17-11-4-5-12-13(7-11)16-8-15-12/h4-5,7,9-10H,1-3,6,8,14H2. The van der Waals surface area contributed by atoms with Crippen molar-refractivity contribution in [1.82, 2.24) is 0 Å². The van der Waals surface area contributed by atoms with E-state index in [0.717, 1.165) is 42.9 Å². The van der Waals surface area contributed by atoms with Crippen LogP contribution in [0.4, 0.5) is 0 Å². The molecule has 4 nitrogen and oxygen atoms in total. The first-order valence-corrected chi connectivity index (χ1v) is 6.13. The van der Waals surface area contributed by atoms with E-state index in [9.17, 15) is 0 Å². The van der Waals surface area contributed by atoms with E-state index in [2.05, 4.69) is 0 Å². The van der Waals surface area contributed by atoms with E-state index in [1.807, 2.05) is 18.2 Å². The Balaban J connectivity index is 1.68. The minimum Gasteiger partial charge on any atom is -0.490 e. The Kier molecular flexibility index (Phi) is 2.81. The molecule has 1 aliphatic carbocycles. The van der Waals surface area contributed by atoms with E-state index in [4.69, 9.17) is 19.9 Å². The van der Waals surface area contributed by atoms with Gasteiger partial charge in [0.15, 0.2) is 11.5 Å². The second-order valence-electron chi connectivity index (χ2n) is 4.68. The maximum atomic E-state index is 5.94. The predicted molar refractivity (Wildman–Crippen MR) is 63.4 cm³/mol. The Hall–Kier alpha value is -1.42. The largest absolute Gasteiger partial charge is 0.490 e. The van der Waals surface area contributed by atoms with E-state index in [1.165, 1.54) is 0 Å². The molecular weight excluding hydrogens is 218 g/mol. The van der Waals surface area contributed by atoms with Crippen molar-refractivity contribution < 1.29 is 14.2 Å². The molecule has 0 amide bonds. The summed E-state index contributed by atoms with van der Waals surface area (Å²) in [7, 11) is 0. The molecule has 0 saturated heterocycles. The van der Waals surface area contributed by atoms with Crippen molar-refractivity contribution in [3.05, 3.63) is 18.2 Å². The third-order valence-electron chi connectivity index (χ3n) is 3.31. The first kappa shape index (κ1) is 10.7. The molecule has 0 radical (unpaired) electrons. The van der Waals surface area contributed by atoms with Gasteiger partial charge in [0, 0.05) is 12.1 Å². The lowest BCUT2D eigenvalue weighted by Gasteiger charge is -2.27. The van der Waals surface area contributed by atoms with Gasteiger partial charge in [-0.1, -0.05) is 0 Å². The zero-order valence-electron chi connectivity index (χ0n) is 9.72. The second-order valence-corrected chi connectivity index (χ2v) is 4.68. The lowest BCUT2D eigenvalue weighted by molar-refractivity contribution is 0.144. The SMILES string of the molecule is NC1CCCC(Oc2ccc3c(c2)OCO3)C1. The highest BCUT2D eigenvalue weighted by molar-refractivity contribution is 5.46. The van der Waals surface area contributed by atoms with Crippen LogP contribution in [0.1, 0.15) is 25.7 Å². The molecule has 1 saturated carbocycles. The highest BCUT2D eigenvalue weighted by atomic mass is 16.7. The highest BCUT2D eigenvalue weighted by Gasteiger charge is 2.21. The quantitative estimate of drug-likeness (QED) is 0.852. The number of rotatable bonds is 2. The molecule has 2 unspecified atom stereocenters. The zero-order valence-corrected chi connectivity index (χ0v) is 9.72. The van der Waals surface area contributed by atoms with Gasteiger partial charge in [0.25, 0.3) is 0 Å². The van der Waals surface area contributed by atoms with Crippen LogP contribution in [0.15, 0.2) is 18.2 Å². The van der Waals surface area contributed by atoms with E-state index in [0.29, 0.717) is 6.79 Å². The number of ether oxygens (including phenoxy) is 3. The van der Waals surface area contributed by atoms with Crippen LogP contribution in [-0.4, -0.2) is 18.9 Å². The van der Waals surface area contributed by atoms with Gasteiger partial charge >= 0.3 is 0 Å². The molecule has 4 heteroatoms. The third kappa shape index (κ3) is 2.31. The van der Waals surface area contributed by atoms with Gasteiger partial charge in [-0.3, -0.25) is 0 Å². The summed E-state index contributed by atoms with van der Waals surface area (Å²) in [6, 6.07) is 5.99. The molecule has 2 aliphatic rings. The van der Waals surface area contributed by atoms with Crippen LogP contribution in [0.25, 0.3) is 0 Å². The summed E-state index contributed by atoms with van der Waals surface area (Å²) in [5.74, 6) is 2.40. The molecule has 1 aromatic carbocycles. The molecule has 17 heavy (non-hydrogen) atoms. The molecule has 2 atom stereocenters. The van der Waals surface area contributed by atoms with Crippen molar-refractivity contribution in [1.29, 1.82) is 0 Å². The smallest absolute Gasteiger partial charge is 0.231 e. The van der Waals surface area contributed by atoms with Gasteiger partial charge in [-0.15, -0.1) is 0 Å². The summed E-state index contributed by atoms with van der Waals surface area (Å²) in [5, 5.41) is 0. The van der Waals surface area contributed by atoms with Gasteiger partial charge in [0.1, 0.15) is 11.9 Å². The third-order valence-corrected chi connectivity index (χ3v) is 3.31. The van der Waals surface area contributed by atoms with Crippen LogP contribution in [0.3, 0.4) is 0 Å². The Morgan fingerprint density at radius 1 is 1.18 bits per heavy atom. The van der Waals surface area contributed by atoms with Crippen molar-refractivity contribution in [2.45, 2.75) is 37.8 Å². The van der Waals surface area contributed by atoms with Crippen LogP contribution in [0.5, 0.6) is 17.2 Å². The Bertz CT molecular complexity index is 408. The van der Waals surface area contributed by atoms with Crippen molar-refractivity contribution >= 4 is 0 Å². The number of benzene rings is 1. The molecule has 0 aromatic heterocycles. The minimum absolute atomic E-state index is 0.235. The molecule has 3 rings (SSSR count). The number of fused-ring (bicyclic) bond motifs is 1. The van der Waals surface area contributed by atoms with Crippen molar-refractivity contribution in [3.63, 3.8) is 0 Å². The lowest BCUT2D eigenvalue weighted by Crippen LogP contribution is -2.33. The molecule has 1 heterocycles. The molecule has 92 valence electrons. The molecule has 1 fully saturated rings. The van der Waals surface area contributed by atoms with E-state index < -0.39 is 0 Å². The fraction of sp³-hybridized carbons (Fsp3) is 0.538. The van der Waals surface area contributed by atoms with Gasteiger partial charge < -0.3 is 19.9 Å². The average molecular weight is 235 g/mol. The number of nitrogens with two attached hydrogens (primary N) is 1. The molecule has 0 bridgehead atoms. The predicted octanol–water partition coefficient (Wildman–Crippen LogP) is 2.06. The van der Waals surface area contributed by atoms with Gasteiger partial charge in [0.2, 0.25) is 6.79 Å². The summed E-state index contributed by atoms with van der Waals surface area (Å²) in [6.07, 6.45) is 4.52. The molecular formula is C13H17NO3. The second kappa shape index (κ2) is 4.45. The summed E-state index contributed by atoms with van der Waals surface area (Å²) in [6.45, 7) is 0.299. The summed E-state index contributed by atoms with van der Waals surface area (Å²) in [5.41, 5.74) is 5.94. The highest BCUT2D eigenvalue weighted by Crippen LogP contribution is 2.36. The Morgan fingerprint density at radius 3 is 2.94 bits per heavy atom. The Morgan fingerprint density at radius 2 is 2.06 bits per heavy atom. The Labute approximate surface area is 101 Å². The zero-order chi connectivity index (χ0) is 11.7. The fourth-order valence-corrected chi connectivity index (χ4v) is 2.43. The summed E-state index contributed by atoms with van der Waals surface area (Å²) >= 11 is 0. The van der Waals surface area contributed by atoms with Crippen molar-refractivity contribution in [2.75, 3.05) is 6.79 Å². The first-order chi connectivity index (χ1) is 8.31. The van der Waals surface area contributed by atoms with Crippen LogP contribution in [0, 0.1) is 0 Å². The monoisotopic (exact) mass is 235 g/mol. The molecule has 2 N–H and O–H groups in total. The van der Waals surface area contributed by atoms with Gasteiger partial charge in [-0.25, -0.2) is 0 Å². The topological polar surface area (TPSA) is 53.7 Å². The molecule has 1 aromatic rings. The van der Waals surface area contributed by atoms with Crippen molar-refractivity contribution in [3.8, 4) is 17.2 Å². The van der Waals surface area contributed by atoms with E-state index in [-0.39, 0.29) is 12.1 Å². The number of hydrogen-bond acceptors (Lipinski definition) is 4. The maximum Gasteiger partial charge on any atom is 0.231 e. The fourth-order valence-electron chi connectivity index (χ4n) is 2.43. The van der Waals surface area contributed by atoms with Gasteiger partial charge in [0.05, 0.1) is 0 Å². The number of hydrogen-bond donors (Lipinski definition) is 1. The van der Waals surface area contributed by atoms with Crippen LogP contribution in [0.2, 0.25) is 0 Å².